The molecule has 0 saturated carbocycles. The summed E-state index contributed by atoms with van der Waals surface area (Å²) in [6.07, 6.45) is 4.65. The predicted octanol–water partition coefficient (Wildman–Crippen LogP) is -0.933. The van der Waals surface area contributed by atoms with Crippen LogP contribution in [0.4, 0.5) is 0 Å². The lowest BCUT2D eigenvalue weighted by molar-refractivity contribution is 0.345. The van der Waals surface area contributed by atoms with Crippen LogP contribution in [-0.2, 0) is 24.1 Å². The van der Waals surface area contributed by atoms with E-state index in [1.165, 1.54) is 14.1 Å². The molecule has 23 heavy (non-hydrogen) atoms. The van der Waals surface area contributed by atoms with E-state index in [2.05, 4.69) is 10.0 Å². The first-order chi connectivity index (χ1) is 10.3. The molecule has 0 amide bonds. The number of nitrogens with one attached hydrogen (secondary N) is 2. The highest BCUT2D eigenvalue weighted by molar-refractivity contribution is 7.89. The zero-order valence-corrected chi connectivity index (χ0v) is 14.6. The van der Waals surface area contributed by atoms with Crippen molar-refractivity contribution in [1.82, 2.24) is 19.2 Å². The fraction of sp³-hybridized carbons (Fsp3) is 0.692. The molecule has 130 valence electrons. The number of piperidine rings is 1. The molecule has 10 heteroatoms. The van der Waals surface area contributed by atoms with E-state index in [0.29, 0.717) is 12.1 Å². The summed E-state index contributed by atoms with van der Waals surface area (Å²) in [4.78, 5) is 23.4. The summed E-state index contributed by atoms with van der Waals surface area (Å²) in [7, 11) is -1.25. The number of sulfonamides is 1. The Balaban J connectivity index is 0.00000192. The van der Waals surface area contributed by atoms with Gasteiger partial charge in [-0.3, -0.25) is 9.36 Å². The highest BCUT2D eigenvalue weighted by Crippen LogP contribution is 2.27. The number of rotatable bonds is 3. The molecular formula is C13H21ClN4O4S. The number of aryl methyl sites for hydroxylation is 1. The smallest absolute Gasteiger partial charge is 0.311 e. The molecule has 3 heterocycles. The van der Waals surface area contributed by atoms with E-state index < -0.39 is 21.3 Å². The molecule has 1 aromatic heterocycles. The van der Waals surface area contributed by atoms with E-state index in [1.807, 2.05) is 0 Å². The maximum Gasteiger partial charge on any atom is 0.330 e. The van der Waals surface area contributed by atoms with Crippen molar-refractivity contribution in [1.29, 1.82) is 0 Å². The zero-order chi connectivity index (χ0) is 16.1. The first kappa shape index (κ1) is 18.2. The molecule has 0 spiro atoms. The van der Waals surface area contributed by atoms with E-state index in [0.717, 1.165) is 41.0 Å². The molecule has 1 aromatic rings. The Kier molecular flexibility index (Phi) is 5.05. The minimum absolute atomic E-state index is 0. The van der Waals surface area contributed by atoms with Crippen LogP contribution >= 0.6 is 12.4 Å². The number of nitrogens with zero attached hydrogens (tertiary/aromatic N) is 2. The Labute approximate surface area is 140 Å². The van der Waals surface area contributed by atoms with E-state index in [-0.39, 0.29) is 23.3 Å². The number of hydrogen-bond donors (Lipinski definition) is 2. The van der Waals surface area contributed by atoms with Gasteiger partial charge in [-0.1, -0.05) is 0 Å². The van der Waals surface area contributed by atoms with Crippen LogP contribution in [0.1, 0.15) is 25.7 Å². The zero-order valence-electron chi connectivity index (χ0n) is 13.0. The van der Waals surface area contributed by atoms with Gasteiger partial charge in [-0.15, -0.1) is 12.4 Å². The molecule has 8 nitrogen and oxygen atoms in total. The van der Waals surface area contributed by atoms with Crippen molar-refractivity contribution in [3.8, 4) is 0 Å². The lowest BCUT2D eigenvalue weighted by Crippen LogP contribution is -2.49. The second-order valence-corrected chi connectivity index (χ2v) is 7.86. The van der Waals surface area contributed by atoms with Gasteiger partial charge in [0.1, 0.15) is 0 Å². The molecule has 2 saturated heterocycles. The Morgan fingerprint density at radius 2 is 1.74 bits per heavy atom. The molecule has 2 aliphatic rings. The third-order valence-electron chi connectivity index (χ3n) is 4.50. The van der Waals surface area contributed by atoms with Gasteiger partial charge in [-0.25, -0.2) is 17.9 Å². The molecule has 2 atom stereocenters. The van der Waals surface area contributed by atoms with Crippen molar-refractivity contribution >= 4 is 22.4 Å². The largest absolute Gasteiger partial charge is 0.330 e. The SMILES string of the molecule is Cl.Cn1cc(S(=O)(=O)NC2CC3CCC(C2)N3)c(=O)n(C)c1=O. The van der Waals surface area contributed by atoms with Crippen LogP contribution < -0.4 is 21.3 Å². The van der Waals surface area contributed by atoms with Gasteiger partial charge >= 0.3 is 5.69 Å². The number of aromatic nitrogens is 2. The maximum atomic E-state index is 12.5. The van der Waals surface area contributed by atoms with Crippen LogP contribution in [0.25, 0.3) is 0 Å². The van der Waals surface area contributed by atoms with Gasteiger partial charge in [0, 0.05) is 38.4 Å². The average molecular weight is 365 g/mol. The molecule has 0 aliphatic carbocycles. The van der Waals surface area contributed by atoms with E-state index in [1.54, 1.807) is 0 Å². The second-order valence-electron chi connectivity index (χ2n) is 6.18. The lowest BCUT2D eigenvalue weighted by atomic mass is 10.0. The highest BCUT2D eigenvalue weighted by atomic mass is 35.5. The molecule has 2 aliphatic heterocycles. The third kappa shape index (κ3) is 3.37. The van der Waals surface area contributed by atoms with E-state index in [4.69, 9.17) is 0 Å². The minimum Gasteiger partial charge on any atom is -0.311 e. The highest BCUT2D eigenvalue weighted by Gasteiger charge is 2.36. The Hall–Kier alpha value is -1.16. The van der Waals surface area contributed by atoms with Gasteiger partial charge in [-0.2, -0.15) is 0 Å². The third-order valence-corrected chi connectivity index (χ3v) is 6.00. The summed E-state index contributed by atoms with van der Waals surface area (Å²) in [5, 5.41) is 3.44. The van der Waals surface area contributed by atoms with Crippen LogP contribution in [0.5, 0.6) is 0 Å². The van der Waals surface area contributed by atoms with Gasteiger partial charge in [0.05, 0.1) is 0 Å². The number of hydrogen-bond acceptors (Lipinski definition) is 5. The molecule has 3 rings (SSSR count). The maximum absolute atomic E-state index is 12.5. The Bertz CT molecular complexity index is 804. The van der Waals surface area contributed by atoms with Crippen LogP contribution in [0.2, 0.25) is 0 Å². The summed E-state index contributed by atoms with van der Waals surface area (Å²) >= 11 is 0. The molecule has 2 unspecified atom stereocenters. The lowest BCUT2D eigenvalue weighted by Gasteiger charge is -2.29. The van der Waals surface area contributed by atoms with Crippen LogP contribution in [0, 0.1) is 0 Å². The summed E-state index contributed by atoms with van der Waals surface area (Å²) < 4.78 is 29.6. The molecule has 0 aromatic carbocycles. The normalized spacial score (nSPS) is 26.8. The van der Waals surface area contributed by atoms with Crippen LogP contribution in [-0.4, -0.2) is 35.7 Å². The van der Waals surface area contributed by atoms with Crippen molar-refractivity contribution in [2.24, 2.45) is 14.1 Å². The monoisotopic (exact) mass is 364 g/mol. The Morgan fingerprint density at radius 1 is 1.17 bits per heavy atom. The van der Waals surface area contributed by atoms with Crippen molar-refractivity contribution in [2.45, 2.75) is 48.7 Å². The van der Waals surface area contributed by atoms with E-state index in [9.17, 15) is 18.0 Å². The topological polar surface area (TPSA) is 102 Å². The molecule has 2 N–H and O–H groups in total. The summed E-state index contributed by atoms with van der Waals surface area (Å²) in [5.74, 6) is 0. The van der Waals surface area contributed by atoms with Crippen LogP contribution in [0.15, 0.2) is 20.7 Å². The van der Waals surface area contributed by atoms with Crippen molar-refractivity contribution < 1.29 is 8.42 Å². The fourth-order valence-corrected chi connectivity index (χ4v) is 4.82. The first-order valence-corrected chi connectivity index (χ1v) is 8.81. The van der Waals surface area contributed by atoms with Gasteiger partial charge in [0.15, 0.2) is 4.90 Å². The van der Waals surface area contributed by atoms with Crippen molar-refractivity contribution in [2.75, 3.05) is 0 Å². The minimum atomic E-state index is -3.94. The molecular weight excluding hydrogens is 344 g/mol. The van der Waals surface area contributed by atoms with Gasteiger partial charge in [0.2, 0.25) is 10.0 Å². The standard InChI is InChI=1S/C13H20N4O4S.ClH/c1-16-7-11(12(18)17(2)13(16)19)22(20,21)15-10-5-8-3-4-9(6-10)14-8;/h7-10,14-15H,3-6H2,1-2H3;1H. The predicted molar refractivity (Wildman–Crippen MR) is 87.5 cm³/mol. The van der Waals surface area contributed by atoms with Crippen LogP contribution in [0.3, 0.4) is 0 Å². The number of halogens is 1. The van der Waals surface area contributed by atoms with Gasteiger partial charge in [0.25, 0.3) is 5.56 Å². The summed E-state index contributed by atoms with van der Waals surface area (Å²) in [6, 6.07) is 0.509. The van der Waals surface area contributed by atoms with E-state index >= 15 is 0 Å². The molecule has 2 fully saturated rings. The Morgan fingerprint density at radius 3 is 2.30 bits per heavy atom. The first-order valence-electron chi connectivity index (χ1n) is 7.33. The van der Waals surface area contributed by atoms with Gasteiger partial charge < -0.3 is 9.88 Å². The summed E-state index contributed by atoms with van der Waals surface area (Å²) in [5.41, 5.74) is -1.35. The summed E-state index contributed by atoms with van der Waals surface area (Å²) in [6.45, 7) is 0. The number of fused-ring (bicyclic) bond motifs is 2. The quantitative estimate of drug-likeness (QED) is 0.721. The van der Waals surface area contributed by atoms with Crippen molar-refractivity contribution in [3.05, 3.63) is 27.0 Å². The second kappa shape index (κ2) is 6.39. The van der Waals surface area contributed by atoms with Gasteiger partial charge in [-0.05, 0) is 25.7 Å². The van der Waals surface area contributed by atoms with Crippen molar-refractivity contribution in [3.63, 3.8) is 0 Å². The molecule has 2 bridgehead atoms. The average Bonchev–Trinajstić information content (AvgIpc) is 2.79. The fourth-order valence-electron chi connectivity index (χ4n) is 3.40. The molecule has 0 radical (unpaired) electrons.